The van der Waals surface area contributed by atoms with E-state index in [1.54, 1.807) is 6.07 Å². The molecular weight excluding hydrogens is 416 g/mol. The van der Waals surface area contributed by atoms with Crippen LogP contribution in [0.3, 0.4) is 0 Å². The Morgan fingerprint density at radius 3 is 2.32 bits per heavy atom. The molecule has 1 aromatic heterocycles. The third-order valence-corrected chi connectivity index (χ3v) is 5.30. The van der Waals surface area contributed by atoms with E-state index in [1.165, 1.54) is 17.4 Å². The highest BCUT2D eigenvalue weighted by atomic mass is 35.5. The lowest BCUT2D eigenvalue weighted by Gasteiger charge is -2.35. The van der Waals surface area contributed by atoms with Crippen molar-refractivity contribution in [1.82, 2.24) is 10.2 Å². The third-order valence-electron chi connectivity index (χ3n) is 3.96. The highest BCUT2D eigenvalue weighted by Crippen LogP contribution is 2.41. The summed E-state index contributed by atoms with van der Waals surface area (Å²) in [6.07, 6.45) is -4.45. The van der Waals surface area contributed by atoms with Crippen LogP contribution in [0.15, 0.2) is 35.7 Å². The fourth-order valence-corrected chi connectivity index (χ4v) is 4.11. The normalized spacial score (nSPS) is 16.6. The van der Waals surface area contributed by atoms with Gasteiger partial charge in [0.15, 0.2) is 0 Å². The van der Waals surface area contributed by atoms with Gasteiger partial charge in [-0.05, 0) is 23.1 Å². The first-order valence-electron chi connectivity index (χ1n) is 7.32. The maximum absolute atomic E-state index is 13.2. The molecule has 0 spiro atoms. The van der Waals surface area contributed by atoms with Gasteiger partial charge in [-0.1, -0.05) is 29.8 Å². The molecular formula is C16H18Cl3F3N2S. The van der Waals surface area contributed by atoms with Crippen molar-refractivity contribution in [2.24, 2.45) is 0 Å². The molecule has 1 saturated heterocycles. The lowest BCUT2D eigenvalue weighted by atomic mass is 10.00. The maximum Gasteiger partial charge on any atom is 0.417 e. The molecule has 1 fully saturated rings. The summed E-state index contributed by atoms with van der Waals surface area (Å²) in [5.74, 6) is 0. The minimum Gasteiger partial charge on any atom is -0.314 e. The summed E-state index contributed by atoms with van der Waals surface area (Å²) in [7, 11) is 0. The summed E-state index contributed by atoms with van der Waals surface area (Å²) in [5.41, 5.74) is -0.251. The number of rotatable bonds is 3. The van der Waals surface area contributed by atoms with E-state index < -0.39 is 11.7 Å². The summed E-state index contributed by atoms with van der Waals surface area (Å²) in [5, 5.41) is 5.00. The van der Waals surface area contributed by atoms with Crippen molar-refractivity contribution in [2.75, 3.05) is 26.2 Å². The van der Waals surface area contributed by atoms with Crippen molar-refractivity contribution in [3.63, 3.8) is 0 Å². The molecule has 2 aromatic rings. The first kappa shape index (κ1) is 22.5. The van der Waals surface area contributed by atoms with Crippen molar-refractivity contribution in [1.29, 1.82) is 0 Å². The van der Waals surface area contributed by atoms with E-state index in [1.807, 2.05) is 17.5 Å². The fraction of sp³-hybridized carbons (Fsp3) is 0.375. The van der Waals surface area contributed by atoms with E-state index in [4.69, 9.17) is 11.6 Å². The van der Waals surface area contributed by atoms with Gasteiger partial charge in [0.1, 0.15) is 0 Å². The molecule has 1 N–H and O–H groups in total. The second-order valence-corrected chi connectivity index (χ2v) is 6.77. The Morgan fingerprint density at radius 2 is 1.76 bits per heavy atom. The Balaban J connectivity index is 0.00000156. The quantitative estimate of drug-likeness (QED) is 0.710. The van der Waals surface area contributed by atoms with Crippen LogP contribution in [0.2, 0.25) is 5.02 Å². The molecule has 1 aliphatic rings. The highest BCUT2D eigenvalue weighted by molar-refractivity contribution is 7.10. The number of hydrogen-bond donors (Lipinski definition) is 1. The standard InChI is InChI=1S/C16H16ClF3N2S.2ClH/c17-14-11(3-1-4-12(14)16(18,19)20)15(13-5-2-10-23-13)22-8-6-21-7-9-22;;/h1-5,10,15,21H,6-9H2;2*1H/t15-;;/m0../s1. The molecule has 1 atom stereocenters. The summed E-state index contributed by atoms with van der Waals surface area (Å²) in [6, 6.07) is 7.79. The second-order valence-electron chi connectivity index (χ2n) is 5.41. The van der Waals surface area contributed by atoms with Gasteiger partial charge in [0.05, 0.1) is 16.6 Å². The molecule has 0 radical (unpaired) electrons. The molecule has 0 amide bonds. The molecule has 0 saturated carbocycles. The van der Waals surface area contributed by atoms with Crippen LogP contribution < -0.4 is 5.32 Å². The lowest BCUT2D eigenvalue weighted by Crippen LogP contribution is -2.45. The first-order chi connectivity index (χ1) is 11.0. The van der Waals surface area contributed by atoms with Crippen molar-refractivity contribution in [3.05, 3.63) is 56.7 Å². The van der Waals surface area contributed by atoms with Crippen LogP contribution in [0.5, 0.6) is 0 Å². The molecule has 1 aromatic carbocycles. The smallest absolute Gasteiger partial charge is 0.314 e. The van der Waals surface area contributed by atoms with Gasteiger partial charge in [0.2, 0.25) is 0 Å². The van der Waals surface area contributed by atoms with Gasteiger partial charge in [0, 0.05) is 31.1 Å². The maximum atomic E-state index is 13.2. The van der Waals surface area contributed by atoms with E-state index in [9.17, 15) is 13.2 Å². The van der Waals surface area contributed by atoms with E-state index in [2.05, 4.69) is 10.2 Å². The van der Waals surface area contributed by atoms with Crippen LogP contribution in [0, 0.1) is 0 Å². The minimum absolute atomic E-state index is 0. The predicted octanol–water partition coefficient (Wildman–Crippen LogP) is 5.26. The molecule has 0 bridgehead atoms. The third kappa shape index (κ3) is 5.02. The molecule has 2 nitrogen and oxygen atoms in total. The SMILES string of the molecule is Cl.Cl.FC(F)(F)c1cccc([C@@H](c2cccs2)N2CCNCC2)c1Cl. The van der Waals surface area contributed by atoms with Gasteiger partial charge in [-0.2, -0.15) is 13.2 Å². The van der Waals surface area contributed by atoms with Crippen LogP contribution in [0.1, 0.15) is 22.0 Å². The average Bonchev–Trinajstić information content (AvgIpc) is 3.03. The minimum atomic E-state index is -4.45. The number of alkyl halides is 3. The molecule has 140 valence electrons. The summed E-state index contributed by atoms with van der Waals surface area (Å²) >= 11 is 7.71. The van der Waals surface area contributed by atoms with E-state index in [0.29, 0.717) is 5.56 Å². The zero-order valence-corrected chi connectivity index (χ0v) is 16.3. The molecule has 0 aliphatic carbocycles. The van der Waals surface area contributed by atoms with Crippen molar-refractivity contribution in [2.45, 2.75) is 12.2 Å². The molecule has 3 rings (SSSR count). The molecule has 2 heterocycles. The fourth-order valence-electron chi connectivity index (χ4n) is 2.90. The molecule has 25 heavy (non-hydrogen) atoms. The number of hydrogen-bond acceptors (Lipinski definition) is 3. The van der Waals surface area contributed by atoms with Crippen LogP contribution >= 0.6 is 47.8 Å². The number of thiophene rings is 1. The first-order valence-corrected chi connectivity index (χ1v) is 8.58. The number of benzene rings is 1. The molecule has 0 unspecified atom stereocenters. The Morgan fingerprint density at radius 1 is 1.08 bits per heavy atom. The summed E-state index contributed by atoms with van der Waals surface area (Å²) < 4.78 is 39.5. The zero-order chi connectivity index (χ0) is 16.4. The average molecular weight is 434 g/mol. The number of halogens is 6. The Kier molecular flexibility index (Phi) is 8.51. The van der Waals surface area contributed by atoms with E-state index in [0.717, 1.165) is 37.1 Å². The largest absolute Gasteiger partial charge is 0.417 e. The summed E-state index contributed by atoms with van der Waals surface area (Å²) in [4.78, 5) is 3.19. The predicted molar refractivity (Wildman–Crippen MR) is 102 cm³/mol. The van der Waals surface area contributed by atoms with E-state index in [-0.39, 0.29) is 35.9 Å². The topological polar surface area (TPSA) is 15.3 Å². The monoisotopic (exact) mass is 432 g/mol. The Hall–Kier alpha value is -0.500. The molecule has 9 heteroatoms. The number of nitrogens with one attached hydrogen (secondary N) is 1. The highest BCUT2D eigenvalue weighted by Gasteiger charge is 2.36. The Bertz CT molecular complexity index is 659. The lowest BCUT2D eigenvalue weighted by molar-refractivity contribution is -0.137. The molecule has 1 aliphatic heterocycles. The zero-order valence-electron chi connectivity index (χ0n) is 13.1. The van der Waals surface area contributed by atoms with Crippen molar-refractivity contribution >= 4 is 47.8 Å². The second kappa shape index (κ2) is 9.44. The Labute approximate surface area is 166 Å². The van der Waals surface area contributed by atoms with Crippen molar-refractivity contribution < 1.29 is 13.2 Å². The van der Waals surface area contributed by atoms with Crippen LogP contribution in [0.25, 0.3) is 0 Å². The summed E-state index contributed by atoms with van der Waals surface area (Å²) in [6.45, 7) is 3.18. The number of piperazine rings is 1. The van der Waals surface area contributed by atoms with Crippen LogP contribution in [0.4, 0.5) is 13.2 Å². The van der Waals surface area contributed by atoms with Gasteiger partial charge in [0.25, 0.3) is 0 Å². The van der Waals surface area contributed by atoms with Gasteiger partial charge in [-0.25, -0.2) is 0 Å². The van der Waals surface area contributed by atoms with Gasteiger partial charge in [-0.15, -0.1) is 36.2 Å². The van der Waals surface area contributed by atoms with Crippen molar-refractivity contribution in [3.8, 4) is 0 Å². The van der Waals surface area contributed by atoms with Crippen LogP contribution in [-0.4, -0.2) is 31.1 Å². The van der Waals surface area contributed by atoms with E-state index >= 15 is 0 Å². The van der Waals surface area contributed by atoms with Gasteiger partial charge >= 0.3 is 6.18 Å². The van der Waals surface area contributed by atoms with Crippen LogP contribution in [-0.2, 0) is 6.18 Å². The van der Waals surface area contributed by atoms with Gasteiger partial charge in [-0.3, -0.25) is 4.90 Å². The number of nitrogens with zero attached hydrogens (tertiary/aromatic N) is 1. The van der Waals surface area contributed by atoms with Gasteiger partial charge < -0.3 is 5.32 Å².